The first-order valence-electron chi connectivity index (χ1n) is 11.2. The van der Waals surface area contributed by atoms with E-state index in [0.29, 0.717) is 11.4 Å². The number of ether oxygens (including phenoxy) is 1. The van der Waals surface area contributed by atoms with Crippen LogP contribution < -0.4 is 0 Å². The van der Waals surface area contributed by atoms with Crippen LogP contribution in [0.3, 0.4) is 0 Å². The maximum Gasteiger partial charge on any atom is 0.0575 e. The largest absolute Gasteiger partial charge is 0.378 e. The maximum atomic E-state index is 5.85. The molecule has 0 saturated carbocycles. The smallest absolute Gasteiger partial charge is 0.0575 e. The fraction of sp³-hybridized carbons (Fsp3) is 0.538. The minimum atomic E-state index is 0.559. The van der Waals surface area contributed by atoms with E-state index in [-0.39, 0.29) is 0 Å². The summed E-state index contributed by atoms with van der Waals surface area (Å²) in [4.78, 5) is 0. The molecule has 1 fully saturated rings. The first-order chi connectivity index (χ1) is 13.9. The molecule has 0 radical (unpaired) electrons. The van der Waals surface area contributed by atoms with Gasteiger partial charge in [0, 0.05) is 11.9 Å². The van der Waals surface area contributed by atoms with E-state index in [1.165, 1.54) is 81.1 Å². The van der Waals surface area contributed by atoms with Crippen LogP contribution in [0.5, 0.6) is 0 Å². The Balaban J connectivity index is 1.35. The minimum absolute atomic E-state index is 0.559. The molecule has 1 atom stereocenters. The quantitative estimate of drug-likeness (QED) is 0.354. The highest BCUT2D eigenvalue weighted by molar-refractivity contribution is 7.99. The standard InChI is InChI=1S/C26H36OS/c1(9-17-25-18-10-11-19-27-25)2-12-20-28-26(21-23-13-5-3-6-14-23)22-24-15-7-4-8-16-24/h3-8,13-16,25-26H,1-2,9-12,17-22H2. The van der Waals surface area contributed by atoms with Gasteiger partial charge in [-0.1, -0.05) is 79.9 Å². The molecular formula is C26H36OS. The van der Waals surface area contributed by atoms with Crippen LogP contribution in [0.25, 0.3) is 0 Å². The van der Waals surface area contributed by atoms with Gasteiger partial charge in [-0.05, 0) is 61.8 Å². The summed E-state index contributed by atoms with van der Waals surface area (Å²) in [6.45, 7) is 0.992. The van der Waals surface area contributed by atoms with Gasteiger partial charge in [0.25, 0.3) is 0 Å². The Labute approximate surface area is 176 Å². The zero-order chi connectivity index (χ0) is 19.3. The summed E-state index contributed by atoms with van der Waals surface area (Å²) in [5.74, 6) is 1.28. The molecule has 1 aliphatic heterocycles. The molecule has 0 bridgehead atoms. The maximum absolute atomic E-state index is 5.85. The summed E-state index contributed by atoms with van der Waals surface area (Å²) >= 11 is 2.17. The van der Waals surface area contributed by atoms with E-state index in [0.717, 1.165) is 6.61 Å². The molecule has 1 saturated heterocycles. The van der Waals surface area contributed by atoms with Crippen LogP contribution in [0.2, 0.25) is 0 Å². The number of unbranched alkanes of at least 4 members (excludes halogenated alkanes) is 3. The van der Waals surface area contributed by atoms with E-state index in [1.807, 2.05) is 0 Å². The second kappa shape index (κ2) is 13.1. The Kier molecular flexibility index (Phi) is 10.0. The zero-order valence-electron chi connectivity index (χ0n) is 17.2. The number of benzene rings is 2. The lowest BCUT2D eigenvalue weighted by molar-refractivity contribution is 0.00979. The summed E-state index contributed by atoms with van der Waals surface area (Å²) < 4.78 is 5.85. The fourth-order valence-corrected chi connectivity index (χ4v) is 5.38. The third-order valence-corrected chi connectivity index (χ3v) is 6.99. The molecule has 0 spiro atoms. The Morgan fingerprint density at radius 1 is 0.786 bits per heavy atom. The Morgan fingerprint density at radius 3 is 2.04 bits per heavy atom. The van der Waals surface area contributed by atoms with Gasteiger partial charge in [0.2, 0.25) is 0 Å². The molecule has 2 heteroatoms. The Bertz CT molecular complexity index is 580. The molecule has 0 aliphatic carbocycles. The van der Waals surface area contributed by atoms with E-state index in [9.17, 15) is 0 Å². The lowest BCUT2D eigenvalue weighted by atomic mass is 10.0. The molecule has 0 aromatic heterocycles. The van der Waals surface area contributed by atoms with Crippen LogP contribution in [0.1, 0.15) is 62.5 Å². The molecule has 2 aromatic carbocycles. The van der Waals surface area contributed by atoms with Crippen LogP contribution in [0.15, 0.2) is 60.7 Å². The van der Waals surface area contributed by atoms with Gasteiger partial charge in [-0.3, -0.25) is 0 Å². The van der Waals surface area contributed by atoms with Gasteiger partial charge >= 0.3 is 0 Å². The molecule has 1 aliphatic rings. The van der Waals surface area contributed by atoms with Crippen molar-refractivity contribution in [1.29, 1.82) is 0 Å². The summed E-state index contributed by atoms with van der Waals surface area (Å²) in [7, 11) is 0. The van der Waals surface area contributed by atoms with Crippen molar-refractivity contribution in [3.8, 4) is 0 Å². The predicted molar refractivity (Wildman–Crippen MR) is 123 cm³/mol. The second-order valence-corrected chi connectivity index (χ2v) is 9.47. The number of hydrogen-bond acceptors (Lipinski definition) is 2. The molecule has 28 heavy (non-hydrogen) atoms. The van der Waals surface area contributed by atoms with Crippen LogP contribution in [-0.4, -0.2) is 23.7 Å². The van der Waals surface area contributed by atoms with Crippen molar-refractivity contribution >= 4 is 11.8 Å². The van der Waals surface area contributed by atoms with E-state index in [2.05, 4.69) is 72.4 Å². The highest BCUT2D eigenvalue weighted by Crippen LogP contribution is 2.23. The Morgan fingerprint density at radius 2 is 1.43 bits per heavy atom. The molecule has 2 aromatic rings. The SMILES string of the molecule is c1ccc(CC(Cc2ccccc2)SCCCCCCC2CCCCO2)cc1. The predicted octanol–water partition coefficient (Wildman–Crippen LogP) is 7.09. The van der Waals surface area contributed by atoms with Gasteiger partial charge < -0.3 is 4.74 Å². The summed E-state index contributed by atoms with van der Waals surface area (Å²) in [6, 6.07) is 22.0. The first-order valence-corrected chi connectivity index (χ1v) is 12.3. The first kappa shape index (κ1) is 21.5. The van der Waals surface area contributed by atoms with Crippen LogP contribution in [0, 0.1) is 0 Å². The normalized spacial score (nSPS) is 17.1. The molecule has 1 heterocycles. The molecule has 1 unspecified atom stereocenters. The van der Waals surface area contributed by atoms with Crippen LogP contribution in [-0.2, 0) is 17.6 Å². The summed E-state index contributed by atoms with van der Waals surface area (Å²) in [5, 5.41) is 0.667. The average Bonchev–Trinajstić information content (AvgIpc) is 2.75. The number of hydrogen-bond donors (Lipinski definition) is 0. The highest BCUT2D eigenvalue weighted by Gasteiger charge is 2.13. The van der Waals surface area contributed by atoms with Crippen molar-refractivity contribution in [3.63, 3.8) is 0 Å². The van der Waals surface area contributed by atoms with Gasteiger partial charge in [0.05, 0.1) is 6.10 Å². The topological polar surface area (TPSA) is 9.23 Å². The average molecular weight is 397 g/mol. The van der Waals surface area contributed by atoms with Gasteiger partial charge in [-0.2, -0.15) is 11.8 Å². The van der Waals surface area contributed by atoms with Crippen molar-refractivity contribution in [2.75, 3.05) is 12.4 Å². The van der Waals surface area contributed by atoms with Gasteiger partial charge in [-0.25, -0.2) is 0 Å². The van der Waals surface area contributed by atoms with Gasteiger partial charge in [-0.15, -0.1) is 0 Å². The highest BCUT2D eigenvalue weighted by atomic mass is 32.2. The second-order valence-electron chi connectivity index (χ2n) is 8.06. The van der Waals surface area contributed by atoms with Crippen molar-refractivity contribution in [2.45, 2.75) is 75.6 Å². The van der Waals surface area contributed by atoms with Crippen molar-refractivity contribution in [1.82, 2.24) is 0 Å². The third kappa shape index (κ3) is 8.41. The van der Waals surface area contributed by atoms with Gasteiger partial charge in [0.1, 0.15) is 0 Å². The van der Waals surface area contributed by atoms with Crippen molar-refractivity contribution < 1.29 is 4.74 Å². The molecule has 0 N–H and O–H groups in total. The Hall–Kier alpha value is -1.25. The van der Waals surface area contributed by atoms with Crippen LogP contribution in [0.4, 0.5) is 0 Å². The lowest BCUT2D eigenvalue weighted by Gasteiger charge is -2.22. The van der Waals surface area contributed by atoms with E-state index in [4.69, 9.17) is 4.74 Å². The fourth-order valence-electron chi connectivity index (χ4n) is 4.06. The summed E-state index contributed by atoms with van der Waals surface area (Å²) in [6.07, 6.45) is 13.5. The molecule has 152 valence electrons. The molecule has 3 rings (SSSR count). The monoisotopic (exact) mass is 396 g/mol. The number of rotatable bonds is 12. The minimum Gasteiger partial charge on any atom is -0.378 e. The lowest BCUT2D eigenvalue weighted by Crippen LogP contribution is -2.18. The van der Waals surface area contributed by atoms with E-state index >= 15 is 0 Å². The van der Waals surface area contributed by atoms with Crippen molar-refractivity contribution in [2.24, 2.45) is 0 Å². The van der Waals surface area contributed by atoms with E-state index < -0.39 is 0 Å². The molecular weight excluding hydrogens is 360 g/mol. The molecule has 0 amide bonds. The van der Waals surface area contributed by atoms with Crippen molar-refractivity contribution in [3.05, 3.63) is 71.8 Å². The number of thioether (sulfide) groups is 1. The van der Waals surface area contributed by atoms with Gasteiger partial charge in [0.15, 0.2) is 0 Å². The van der Waals surface area contributed by atoms with E-state index in [1.54, 1.807) is 0 Å². The van der Waals surface area contributed by atoms with Crippen LogP contribution >= 0.6 is 11.8 Å². The zero-order valence-corrected chi connectivity index (χ0v) is 18.0. The third-order valence-electron chi connectivity index (χ3n) is 5.66. The summed E-state index contributed by atoms with van der Waals surface area (Å²) in [5.41, 5.74) is 2.92. The molecule has 1 nitrogen and oxygen atoms in total.